The van der Waals surface area contributed by atoms with E-state index in [1.54, 1.807) is 4.68 Å². The summed E-state index contributed by atoms with van der Waals surface area (Å²) < 4.78 is 1.77. The molecule has 6 nitrogen and oxygen atoms in total. The standard InChI is InChI=1S/C12H18N6/c1-8(2)10-11(13)15-7-16-12(10)14-6-9-4-5-18(3)17-9/h4-5,7-8H,6H2,1-3H3,(H3,13,14,15,16). The number of aromatic nitrogens is 4. The number of nitrogen functional groups attached to an aromatic ring is 1. The van der Waals surface area contributed by atoms with Crippen molar-refractivity contribution in [2.75, 3.05) is 11.1 Å². The Morgan fingerprint density at radius 3 is 2.78 bits per heavy atom. The topological polar surface area (TPSA) is 81.6 Å². The van der Waals surface area contributed by atoms with Crippen molar-refractivity contribution < 1.29 is 0 Å². The lowest BCUT2D eigenvalue weighted by Gasteiger charge is -2.14. The molecule has 0 aliphatic carbocycles. The fourth-order valence-corrected chi connectivity index (χ4v) is 1.85. The molecule has 0 aliphatic rings. The van der Waals surface area contributed by atoms with Crippen molar-refractivity contribution >= 4 is 11.6 Å². The minimum absolute atomic E-state index is 0.275. The highest BCUT2D eigenvalue weighted by atomic mass is 15.3. The SMILES string of the molecule is CC(C)c1c(N)ncnc1NCc1ccn(C)n1. The van der Waals surface area contributed by atoms with Crippen LogP contribution in [-0.2, 0) is 13.6 Å². The molecule has 0 unspecified atom stereocenters. The molecule has 0 saturated carbocycles. The monoisotopic (exact) mass is 246 g/mol. The minimum atomic E-state index is 0.275. The van der Waals surface area contributed by atoms with Crippen molar-refractivity contribution in [1.82, 2.24) is 19.7 Å². The summed E-state index contributed by atoms with van der Waals surface area (Å²) in [5, 5.41) is 7.56. The normalized spacial score (nSPS) is 10.9. The van der Waals surface area contributed by atoms with Crippen LogP contribution in [0.2, 0.25) is 0 Å². The number of rotatable bonds is 4. The van der Waals surface area contributed by atoms with Gasteiger partial charge in [-0.3, -0.25) is 4.68 Å². The molecule has 0 saturated heterocycles. The third kappa shape index (κ3) is 2.58. The first-order chi connectivity index (χ1) is 8.58. The summed E-state index contributed by atoms with van der Waals surface area (Å²) in [5.74, 6) is 1.59. The summed E-state index contributed by atoms with van der Waals surface area (Å²) in [4.78, 5) is 8.27. The van der Waals surface area contributed by atoms with Crippen molar-refractivity contribution in [3.05, 3.63) is 29.8 Å². The maximum Gasteiger partial charge on any atom is 0.135 e. The van der Waals surface area contributed by atoms with Gasteiger partial charge < -0.3 is 11.1 Å². The molecule has 6 heteroatoms. The zero-order valence-corrected chi connectivity index (χ0v) is 10.9. The largest absolute Gasteiger partial charge is 0.383 e. The maximum atomic E-state index is 5.88. The van der Waals surface area contributed by atoms with Crippen LogP contribution in [0, 0.1) is 0 Å². The van der Waals surface area contributed by atoms with Crippen molar-refractivity contribution in [2.45, 2.75) is 26.3 Å². The highest BCUT2D eigenvalue weighted by Gasteiger charge is 2.12. The maximum absolute atomic E-state index is 5.88. The molecule has 0 amide bonds. The zero-order chi connectivity index (χ0) is 13.1. The molecule has 2 aromatic rings. The van der Waals surface area contributed by atoms with Crippen LogP contribution in [0.5, 0.6) is 0 Å². The molecule has 0 aromatic carbocycles. The van der Waals surface area contributed by atoms with Crippen LogP contribution >= 0.6 is 0 Å². The Bertz CT molecular complexity index is 531. The predicted molar refractivity (Wildman–Crippen MR) is 71.1 cm³/mol. The molecular weight excluding hydrogens is 228 g/mol. The molecule has 0 aliphatic heterocycles. The third-order valence-corrected chi connectivity index (χ3v) is 2.70. The van der Waals surface area contributed by atoms with Gasteiger partial charge in [0.15, 0.2) is 0 Å². The van der Waals surface area contributed by atoms with Gasteiger partial charge in [0.1, 0.15) is 18.0 Å². The van der Waals surface area contributed by atoms with Crippen molar-refractivity contribution in [1.29, 1.82) is 0 Å². The van der Waals surface area contributed by atoms with Crippen LogP contribution in [0.4, 0.5) is 11.6 Å². The number of aryl methyl sites for hydroxylation is 1. The van der Waals surface area contributed by atoms with Gasteiger partial charge >= 0.3 is 0 Å². The van der Waals surface area contributed by atoms with Gasteiger partial charge in [0.05, 0.1) is 12.2 Å². The second-order valence-corrected chi connectivity index (χ2v) is 4.51. The lowest BCUT2D eigenvalue weighted by Crippen LogP contribution is -2.09. The van der Waals surface area contributed by atoms with E-state index in [4.69, 9.17) is 5.73 Å². The lowest BCUT2D eigenvalue weighted by atomic mass is 10.0. The van der Waals surface area contributed by atoms with Gasteiger partial charge in [-0.15, -0.1) is 0 Å². The van der Waals surface area contributed by atoms with Gasteiger partial charge in [0.2, 0.25) is 0 Å². The molecule has 0 radical (unpaired) electrons. The molecule has 0 spiro atoms. The van der Waals surface area contributed by atoms with E-state index < -0.39 is 0 Å². The van der Waals surface area contributed by atoms with Gasteiger partial charge in [0.25, 0.3) is 0 Å². The molecule has 0 atom stereocenters. The summed E-state index contributed by atoms with van der Waals surface area (Å²) in [5.41, 5.74) is 7.80. The summed E-state index contributed by atoms with van der Waals surface area (Å²) in [6.45, 7) is 4.76. The molecule has 2 aromatic heterocycles. The van der Waals surface area contributed by atoms with Crippen LogP contribution in [0.3, 0.4) is 0 Å². The number of hydrogen-bond acceptors (Lipinski definition) is 5. The van der Waals surface area contributed by atoms with Crippen LogP contribution in [0.15, 0.2) is 18.6 Å². The van der Waals surface area contributed by atoms with Gasteiger partial charge in [-0.25, -0.2) is 9.97 Å². The quantitative estimate of drug-likeness (QED) is 0.855. The van der Waals surface area contributed by atoms with Gasteiger partial charge in [-0.2, -0.15) is 5.10 Å². The summed E-state index contributed by atoms with van der Waals surface area (Å²) >= 11 is 0. The zero-order valence-electron chi connectivity index (χ0n) is 10.9. The minimum Gasteiger partial charge on any atom is -0.383 e. The lowest BCUT2D eigenvalue weighted by molar-refractivity contribution is 0.746. The van der Waals surface area contributed by atoms with Crippen LogP contribution in [-0.4, -0.2) is 19.7 Å². The van der Waals surface area contributed by atoms with E-state index in [1.165, 1.54) is 6.33 Å². The van der Waals surface area contributed by atoms with E-state index in [0.29, 0.717) is 12.4 Å². The Balaban J connectivity index is 2.16. The van der Waals surface area contributed by atoms with E-state index in [0.717, 1.165) is 17.1 Å². The van der Waals surface area contributed by atoms with Crippen molar-refractivity contribution in [3.63, 3.8) is 0 Å². The first kappa shape index (κ1) is 12.3. The average molecular weight is 246 g/mol. The van der Waals surface area contributed by atoms with E-state index in [2.05, 4.69) is 34.2 Å². The average Bonchev–Trinajstić information content (AvgIpc) is 2.72. The third-order valence-electron chi connectivity index (χ3n) is 2.70. The van der Waals surface area contributed by atoms with Crippen LogP contribution in [0.1, 0.15) is 31.0 Å². The molecule has 3 N–H and O–H groups in total. The first-order valence-electron chi connectivity index (χ1n) is 5.90. The summed E-state index contributed by atoms with van der Waals surface area (Å²) in [6, 6.07) is 1.96. The number of hydrogen-bond donors (Lipinski definition) is 2. The fraction of sp³-hybridized carbons (Fsp3) is 0.417. The first-order valence-corrected chi connectivity index (χ1v) is 5.90. The Morgan fingerprint density at radius 1 is 1.39 bits per heavy atom. The highest BCUT2D eigenvalue weighted by Crippen LogP contribution is 2.26. The second-order valence-electron chi connectivity index (χ2n) is 4.51. The number of nitrogens with one attached hydrogen (secondary N) is 1. The van der Waals surface area contributed by atoms with Crippen molar-refractivity contribution in [2.24, 2.45) is 7.05 Å². The Morgan fingerprint density at radius 2 is 2.17 bits per heavy atom. The molecule has 2 heterocycles. The second kappa shape index (κ2) is 5.03. The fourth-order valence-electron chi connectivity index (χ4n) is 1.85. The molecule has 18 heavy (non-hydrogen) atoms. The van der Waals surface area contributed by atoms with Gasteiger partial charge in [0, 0.05) is 18.8 Å². The van der Waals surface area contributed by atoms with Crippen LogP contribution < -0.4 is 11.1 Å². The smallest absolute Gasteiger partial charge is 0.135 e. The van der Waals surface area contributed by atoms with E-state index in [1.807, 2.05) is 19.3 Å². The molecule has 2 rings (SSSR count). The van der Waals surface area contributed by atoms with E-state index in [9.17, 15) is 0 Å². The number of nitrogens with zero attached hydrogens (tertiary/aromatic N) is 4. The Kier molecular flexibility index (Phi) is 3.45. The van der Waals surface area contributed by atoms with E-state index >= 15 is 0 Å². The van der Waals surface area contributed by atoms with Crippen molar-refractivity contribution in [3.8, 4) is 0 Å². The van der Waals surface area contributed by atoms with Gasteiger partial charge in [-0.1, -0.05) is 13.8 Å². The number of nitrogens with two attached hydrogens (primary N) is 1. The van der Waals surface area contributed by atoms with Crippen LogP contribution in [0.25, 0.3) is 0 Å². The predicted octanol–water partition coefficient (Wildman–Crippen LogP) is 1.53. The highest BCUT2D eigenvalue weighted by molar-refractivity contribution is 5.56. The van der Waals surface area contributed by atoms with E-state index in [-0.39, 0.29) is 5.92 Å². The molecule has 96 valence electrons. The van der Waals surface area contributed by atoms with Gasteiger partial charge in [-0.05, 0) is 12.0 Å². The Labute approximate surface area is 106 Å². The molecular formula is C12H18N6. The molecule has 0 bridgehead atoms. The summed E-state index contributed by atoms with van der Waals surface area (Å²) in [7, 11) is 1.89. The Hall–Kier alpha value is -2.11. The molecule has 0 fully saturated rings. The number of anilines is 2. The summed E-state index contributed by atoms with van der Waals surface area (Å²) in [6.07, 6.45) is 3.39.